The van der Waals surface area contributed by atoms with Crippen LogP contribution in [0.5, 0.6) is 0 Å². The molecular formula is C14H21NO2. The Bertz CT molecular complexity index is 443. The number of rotatable bonds is 2. The molecule has 3 nitrogen and oxygen atoms in total. The van der Waals surface area contributed by atoms with Crippen molar-refractivity contribution in [1.82, 2.24) is 0 Å². The van der Waals surface area contributed by atoms with E-state index in [1.54, 1.807) is 0 Å². The van der Waals surface area contributed by atoms with E-state index in [0.29, 0.717) is 5.92 Å². The van der Waals surface area contributed by atoms with E-state index in [9.17, 15) is 0 Å². The normalized spacial score (nSPS) is 22.5. The molecule has 0 bridgehead atoms. The van der Waals surface area contributed by atoms with Crippen LogP contribution in [0.4, 0.5) is 0 Å². The second kappa shape index (κ2) is 4.21. The second-order valence-corrected chi connectivity index (χ2v) is 5.86. The molecule has 3 heteroatoms. The third-order valence-electron chi connectivity index (χ3n) is 3.64. The van der Waals surface area contributed by atoms with Crippen LogP contribution in [0.1, 0.15) is 63.5 Å². The summed E-state index contributed by atoms with van der Waals surface area (Å²) < 4.78 is 5.93. The molecule has 2 rings (SSSR count). The minimum atomic E-state index is 0.110. The number of fused-ring (bicyclic) bond motifs is 1. The van der Waals surface area contributed by atoms with Crippen molar-refractivity contribution in [1.29, 1.82) is 0 Å². The lowest BCUT2D eigenvalue weighted by atomic mass is 9.76. The van der Waals surface area contributed by atoms with Gasteiger partial charge < -0.3 is 9.62 Å². The van der Waals surface area contributed by atoms with E-state index in [1.165, 1.54) is 0 Å². The summed E-state index contributed by atoms with van der Waals surface area (Å²) in [5.41, 5.74) is 1.87. The Hall–Kier alpha value is -1.25. The summed E-state index contributed by atoms with van der Waals surface area (Å²) >= 11 is 0. The molecule has 1 N–H and O–H groups in total. The van der Waals surface area contributed by atoms with Gasteiger partial charge in [-0.3, -0.25) is 0 Å². The maximum absolute atomic E-state index is 9.12. The first kappa shape index (κ1) is 12.2. The molecule has 0 saturated heterocycles. The topological polar surface area (TPSA) is 45.7 Å². The molecule has 0 aromatic carbocycles. The predicted molar refractivity (Wildman–Crippen MR) is 67.8 cm³/mol. The van der Waals surface area contributed by atoms with Crippen molar-refractivity contribution < 1.29 is 9.62 Å². The van der Waals surface area contributed by atoms with Gasteiger partial charge in [-0.2, -0.15) is 0 Å². The molecular weight excluding hydrogens is 214 g/mol. The van der Waals surface area contributed by atoms with Gasteiger partial charge in [0.25, 0.3) is 0 Å². The highest BCUT2D eigenvalue weighted by Gasteiger charge is 2.33. The maximum atomic E-state index is 9.12. The average Bonchev–Trinajstić information content (AvgIpc) is 2.68. The van der Waals surface area contributed by atoms with Gasteiger partial charge in [-0.1, -0.05) is 32.9 Å². The summed E-state index contributed by atoms with van der Waals surface area (Å²) in [6.45, 7) is 8.65. The molecule has 0 aliphatic heterocycles. The minimum Gasteiger partial charge on any atom is -0.465 e. The molecule has 1 atom stereocenters. The van der Waals surface area contributed by atoms with Crippen molar-refractivity contribution in [2.45, 2.75) is 52.9 Å². The van der Waals surface area contributed by atoms with E-state index in [2.05, 4.69) is 32.9 Å². The number of hydrogen-bond acceptors (Lipinski definition) is 3. The smallest absolute Gasteiger partial charge is 0.113 e. The predicted octanol–water partition coefficient (Wildman–Crippen LogP) is 3.94. The second-order valence-electron chi connectivity index (χ2n) is 5.86. The van der Waals surface area contributed by atoms with E-state index >= 15 is 0 Å². The SMILES string of the molecule is CCC(C)c1cc2c(o1)CC(C)(C)C/C2=N/O. The fraction of sp³-hybridized carbons (Fsp3) is 0.643. The Labute approximate surface area is 103 Å². The summed E-state index contributed by atoms with van der Waals surface area (Å²) in [7, 11) is 0. The van der Waals surface area contributed by atoms with Gasteiger partial charge >= 0.3 is 0 Å². The largest absolute Gasteiger partial charge is 0.465 e. The molecule has 0 radical (unpaired) electrons. The van der Waals surface area contributed by atoms with Gasteiger partial charge in [-0.25, -0.2) is 0 Å². The van der Waals surface area contributed by atoms with Crippen molar-refractivity contribution in [3.8, 4) is 0 Å². The molecule has 94 valence electrons. The lowest BCUT2D eigenvalue weighted by Gasteiger charge is -2.28. The summed E-state index contributed by atoms with van der Waals surface area (Å²) in [4.78, 5) is 0. The van der Waals surface area contributed by atoms with Crippen LogP contribution < -0.4 is 0 Å². The highest BCUT2D eigenvalue weighted by molar-refractivity contribution is 6.02. The van der Waals surface area contributed by atoms with E-state index in [1.807, 2.05) is 6.07 Å². The summed E-state index contributed by atoms with van der Waals surface area (Å²) in [5.74, 6) is 2.41. The van der Waals surface area contributed by atoms with E-state index in [4.69, 9.17) is 9.62 Å². The molecule has 17 heavy (non-hydrogen) atoms. The zero-order chi connectivity index (χ0) is 12.6. The van der Waals surface area contributed by atoms with Crippen molar-refractivity contribution in [3.63, 3.8) is 0 Å². The van der Waals surface area contributed by atoms with Crippen LogP contribution in [-0.2, 0) is 6.42 Å². The molecule has 0 saturated carbocycles. The minimum absolute atomic E-state index is 0.110. The molecule has 1 aromatic rings. The van der Waals surface area contributed by atoms with Crippen molar-refractivity contribution in [3.05, 3.63) is 23.2 Å². The fourth-order valence-electron chi connectivity index (χ4n) is 2.40. The Morgan fingerprint density at radius 1 is 1.47 bits per heavy atom. The third-order valence-corrected chi connectivity index (χ3v) is 3.64. The highest BCUT2D eigenvalue weighted by Crippen LogP contribution is 2.38. The Morgan fingerprint density at radius 3 is 2.76 bits per heavy atom. The first-order chi connectivity index (χ1) is 7.96. The van der Waals surface area contributed by atoms with Gasteiger partial charge in [0.05, 0.1) is 5.71 Å². The Balaban J connectivity index is 2.43. The average molecular weight is 235 g/mol. The summed E-state index contributed by atoms with van der Waals surface area (Å²) in [6, 6.07) is 2.05. The van der Waals surface area contributed by atoms with Crippen LogP contribution >= 0.6 is 0 Å². The van der Waals surface area contributed by atoms with Gasteiger partial charge in [0.15, 0.2) is 0 Å². The van der Waals surface area contributed by atoms with Crippen LogP contribution in [0, 0.1) is 5.41 Å². The van der Waals surface area contributed by atoms with Crippen molar-refractivity contribution in [2.24, 2.45) is 10.6 Å². The lowest BCUT2D eigenvalue weighted by molar-refractivity contribution is 0.294. The van der Waals surface area contributed by atoms with Crippen LogP contribution in [0.25, 0.3) is 0 Å². The first-order valence-corrected chi connectivity index (χ1v) is 6.30. The molecule has 1 aliphatic carbocycles. The van der Waals surface area contributed by atoms with Crippen molar-refractivity contribution in [2.75, 3.05) is 0 Å². The Kier molecular flexibility index (Phi) is 3.02. The van der Waals surface area contributed by atoms with Crippen LogP contribution in [0.2, 0.25) is 0 Å². The number of furan rings is 1. The van der Waals surface area contributed by atoms with Gasteiger partial charge in [-0.15, -0.1) is 0 Å². The van der Waals surface area contributed by atoms with Gasteiger partial charge in [0.2, 0.25) is 0 Å². The standard InChI is InChI=1S/C14H21NO2/c1-5-9(2)12-6-10-11(15-16)7-14(3,4)8-13(10)17-12/h6,9,16H,5,7-8H2,1-4H3/b15-11-. The first-order valence-electron chi connectivity index (χ1n) is 6.30. The molecule has 0 fully saturated rings. The highest BCUT2D eigenvalue weighted by atomic mass is 16.4. The zero-order valence-corrected chi connectivity index (χ0v) is 11.1. The monoisotopic (exact) mass is 235 g/mol. The zero-order valence-electron chi connectivity index (χ0n) is 11.1. The molecule has 1 aromatic heterocycles. The van der Waals surface area contributed by atoms with E-state index in [-0.39, 0.29) is 5.41 Å². The van der Waals surface area contributed by atoms with Gasteiger partial charge in [-0.05, 0) is 24.3 Å². The molecule has 1 heterocycles. The van der Waals surface area contributed by atoms with E-state index in [0.717, 1.165) is 42.1 Å². The molecule has 0 amide bonds. The van der Waals surface area contributed by atoms with Crippen LogP contribution in [0.15, 0.2) is 15.6 Å². The Morgan fingerprint density at radius 2 is 2.18 bits per heavy atom. The summed E-state index contributed by atoms with van der Waals surface area (Å²) in [6.07, 6.45) is 2.77. The summed E-state index contributed by atoms with van der Waals surface area (Å²) in [5, 5.41) is 12.6. The van der Waals surface area contributed by atoms with Crippen molar-refractivity contribution >= 4 is 5.71 Å². The quantitative estimate of drug-likeness (QED) is 0.623. The maximum Gasteiger partial charge on any atom is 0.113 e. The van der Waals surface area contributed by atoms with E-state index < -0.39 is 0 Å². The number of nitrogens with zero attached hydrogens (tertiary/aromatic N) is 1. The number of oxime groups is 1. The molecule has 0 spiro atoms. The van der Waals surface area contributed by atoms with Gasteiger partial charge in [0.1, 0.15) is 11.5 Å². The van der Waals surface area contributed by atoms with Gasteiger partial charge in [0, 0.05) is 17.9 Å². The fourth-order valence-corrected chi connectivity index (χ4v) is 2.40. The lowest BCUT2D eigenvalue weighted by Crippen LogP contribution is -2.26. The van der Waals surface area contributed by atoms with Crippen LogP contribution in [0.3, 0.4) is 0 Å². The molecule has 1 aliphatic rings. The van der Waals surface area contributed by atoms with Crippen LogP contribution in [-0.4, -0.2) is 10.9 Å². The molecule has 1 unspecified atom stereocenters. The number of hydrogen-bond donors (Lipinski definition) is 1. The third kappa shape index (κ3) is 2.24.